The predicted molar refractivity (Wildman–Crippen MR) is 68.7 cm³/mol. The molecule has 0 bridgehead atoms. The quantitative estimate of drug-likeness (QED) is 0.794. The number of hydrogen-bond acceptors (Lipinski definition) is 4. The number of alkyl halides is 1. The number of esters is 1. The molecule has 1 aromatic rings. The van der Waals surface area contributed by atoms with Crippen LogP contribution in [0.25, 0.3) is 0 Å². The topological polar surface area (TPSA) is 55.8 Å². The first-order valence-corrected chi connectivity index (χ1v) is 6.28. The Bertz CT molecular complexity index is 493. The number of rotatable bonds is 3. The molecule has 20 heavy (non-hydrogen) atoms. The molecular formula is C14H16FNO4. The standard InChI is InChI=1S/C14H16FNO4/c1-19-12(17)14(15)7-8-16(10-14)13(18)20-9-11-5-3-2-4-6-11/h2-6H,7-10H2,1H3/t14-/m1/s1. The van der Waals surface area contributed by atoms with Crippen molar-refractivity contribution in [2.45, 2.75) is 18.7 Å². The molecule has 0 saturated carbocycles. The zero-order valence-corrected chi connectivity index (χ0v) is 11.2. The van der Waals surface area contributed by atoms with Crippen LogP contribution in [0.4, 0.5) is 9.18 Å². The number of carbonyl (C=O) groups is 2. The second-order valence-corrected chi connectivity index (χ2v) is 4.67. The van der Waals surface area contributed by atoms with Gasteiger partial charge in [-0.05, 0) is 5.56 Å². The molecule has 6 heteroatoms. The fourth-order valence-corrected chi connectivity index (χ4v) is 2.09. The van der Waals surface area contributed by atoms with Gasteiger partial charge in [0.15, 0.2) is 0 Å². The summed E-state index contributed by atoms with van der Waals surface area (Å²) in [6.07, 6.45) is -0.697. The Hall–Kier alpha value is -2.11. The van der Waals surface area contributed by atoms with Gasteiger partial charge in [0.1, 0.15) is 6.61 Å². The van der Waals surface area contributed by atoms with Gasteiger partial charge < -0.3 is 14.4 Å². The number of nitrogens with zero attached hydrogens (tertiary/aromatic N) is 1. The highest BCUT2D eigenvalue weighted by atomic mass is 19.1. The highest BCUT2D eigenvalue weighted by Gasteiger charge is 2.48. The molecule has 1 heterocycles. The number of methoxy groups -OCH3 is 1. The molecular weight excluding hydrogens is 265 g/mol. The lowest BCUT2D eigenvalue weighted by atomic mass is 10.1. The molecule has 5 nitrogen and oxygen atoms in total. The molecule has 1 aliphatic heterocycles. The Kier molecular flexibility index (Phi) is 4.22. The smallest absolute Gasteiger partial charge is 0.410 e. The van der Waals surface area contributed by atoms with Crippen molar-refractivity contribution in [3.63, 3.8) is 0 Å². The normalized spacial score (nSPS) is 21.6. The summed E-state index contributed by atoms with van der Waals surface area (Å²) >= 11 is 0. The number of hydrogen-bond donors (Lipinski definition) is 0. The van der Waals surface area contributed by atoms with Crippen LogP contribution >= 0.6 is 0 Å². The van der Waals surface area contributed by atoms with Crippen LogP contribution < -0.4 is 0 Å². The van der Waals surface area contributed by atoms with Crippen LogP contribution in [0.1, 0.15) is 12.0 Å². The van der Waals surface area contributed by atoms with Crippen molar-refractivity contribution in [1.29, 1.82) is 0 Å². The number of amides is 1. The number of ether oxygens (including phenoxy) is 2. The van der Waals surface area contributed by atoms with Gasteiger partial charge in [-0.15, -0.1) is 0 Å². The predicted octanol–water partition coefficient (Wildman–Crippen LogP) is 1.91. The summed E-state index contributed by atoms with van der Waals surface area (Å²) in [5.74, 6) is -0.948. The third-order valence-corrected chi connectivity index (χ3v) is 3.23. The Morgan fingerprint density at radius 2 is 2.05 bits per heavy atom. The van der Waals surface area contributed by atoms with Gasteiger partial charge in [-0.3, -0.25) is 0 Å². The molecule has 0 aliphatic carbocycles. The summed E-state index contributed by atoms with van der Waals surface area (Å²) in [5, 5.41) is 0. The maximum atomic E-state index is 14.2. The second kappa shape index (κ2) is 5.90. The van der Waals surface area contributed by atoms with Crippen LogP contribution in [0.15, 0.2) is 30.3 Å². The zero-order chi connectivity index (χ0) is 14.6. The van der Waals surface area contributed by atoms with Crippen molar-refractivity contribution in [2.24, 2.45) is 0 Å². The van der Waals surface area contributed by atoms with Gasteiger partial charge in [-0.2, -0.15) is 0 Å². The van der Waals surface area contributed by atoms with Gasteiger partial charge in [0.05, 0.1) is 13.7 Å². The van der Waals surface area contributed by atoms with Gasteiger partial charge in [-0.1, -0.05) is 30.3 Å². The summed E-state index contributed by atoms with van der Waals surface area (Å²) < 4.78 is 23.6. The summed E-state index contributed by atoms with van der Waals surface area (Å²) in [6.45, 7) is -0.0692. The lowest BCUT2D eigenvalue weighted by Crippen LogP contribution is -2.39. The van der Waals surface area contributed by atoms with E-state index in [1.807, 2.05) is 30.3 Å². The van der Waals surface area contributed by atoms with E-state index in [-0.39, 0.29) is 26.1 Å². The SMILES string of the molecule is COC(=O)[C@@]1(F)CCN(C(=O)OCc2ccccc2)C1. The lowest BCUT2D eigenvalue weighted by molar-refractivity contribution is -0.153. The van der Waals surface area contributed by atoms with Crippen LogP contribution in [0.2, 0.25) is 0 Å². The third kappa shape index (κ3) is 3.07. The summed E-state index contributed by atoms with van der Waals surface area (Å²) in [4.78, 5) is 24.3. The molecule has 1 aliphatic rings. The Labute approximate surface area is 116 Å². The average molecular weight is 281 g/mol. The van der Waals surface area contributed by atoms with Gasteiger partial charge in [0.2, 0.25) is 5.67 Å². The minimum absolute atomic E-state index is 0.0693. The summed E-state index contributed by atoms with van der Waals surface area (Å²) in [5.41, 5.74) is -1.28. The summed E-state index contributed by atoms with van der Waals surface area (Å²) in [7, 11) is 1.13. The number of likely N-dealkylation sites (tertiary alicyclic amines) is 1. The Morgan fingerprint density at radius 3 is 2.70 bits per heavy atom. The third-order valence-electron chi connectivity index (χ3n) is 3.23. The van der Waals surface area contributed by atoms with E-state index in [2.05, 4.69) is 4.74 Å². The van der Waals surface area contributed by atoms with Crippen molar-refractivity contribution in [3.05, 3.63) is 35.9 Å². The molecule has 0 unspecified atom stereocenters. The average Bonchev–Trinajstić information content (AvgIpc) is 2.89. The fraction of sp³-hybridized carbons (Fsp3) is 0.429. The molecule has 1 atom stereocenters. The molecule has 0 spiro atoms. The van der Waals surface area contributed by atoms with E-state index in [1.165, 1.54) is 4.90 Å². The highest BCUT2D eigenvalue weighted by molar-refractivity contribution is 5.81. The second-order valence-electron chi connectivity index (χ2n) is 4.67. The lowest BCUT2D eigenvalue weighted by Gasteiger charge is -2.18. The van der Waals surface area contributed by atoms with Crippen molar-refractivity contribution in [1.82, 2.24) is 4.90 Å². The van der Waals surface area contributed by atoms with Crippen molar-refractivity contribution >= 4 is 12.1 Å². The van der Waals surface area contributed by atoms with E-state index in [1.54, 1.807) is 0 Å². The Morgan fingerprint density at radius 1 is 1.35 bits per heavy atom. The maximum absolute atomic E-state index is 14.2. The van der Waals surface area contributed by atoms with Crippen LogP contribution in [-0.4, -0.2) is 42.8 Å². The molecule has 0 radical (unpaired) electrons. The fourth-order valence-electron chi connectivity index (χ4n) is 2.09. The highest BCUT2D eigenvalue weighted by Crippen LogP contribution is 2.27. The zero-order valence-electron chi connectivity index (χ0n) is 11.2. The van der Waals surface area contributed by atoms with Crippen LogP contribution in [-0.2, 0) is 20.9 Å². The molecule has 2 rings (SSSR count). The first-order valence-electron chi connectivity index (χ1n) is 6.28. The van der Waals surface area contributed by atoms with Gasteiger partial charge in [0, 0.05) is 13.0 Å². The van der Waals surface area contributed by atoms with E-state index < -0.39 is 17.7 Å². The van der Waals surface area contributed by atoms with E-state index in [4.69, 9.17) is 4.74 Å². The van der Waals surface area contributed by atoms with E-state index in [9.17, 15) is 14.0 Å². The minimum atomic E-state index is -2.12. The largest absolute Gasteiger partial charge is 0.467 e. The van der Waals surface area contributed by atoms with Crippen LogP contribution in [0.3, 0.4) is 0 Å². The van der Waals surface area contributed by atoms with Crippen molar-refractivity contribution < 1.29 is 23.5 Å². The molecule has 1 amide bonds. The van der Waals surface area contributed by atoms with Crippen LogP contribution in [0.5, 0.6) is 0 Å². The van der Waals surface area contributed by atoms with Gasteiger partial charge >= 0.3 is 12.1 Å². The molecule has 1 fully saturated rings. The van der Waals surface area contributed by atoms with Crippen molar-refractivity contribution in [3.8, 4) is 0 Å². The Balaban J connectivity index is 1.87. The first kappa shape index (κ1) is 14.3. The number of halogens is 1. The van der Waals surface area contributed by atoms with E-state index in [0.717, 1.165) is 12.7 Å². The number of carbonyl (C=O) groups excluding carboxylic acids is 2. The number of benzene rings is 1. The van der Waals surface area contributed by atoms with E-state index in [0.29, 0.717) is 0 Å². The first-order chi connectivity index (χ1) is 9.55. The van der Waals surface area contributed by atoms with Crippen molar-refractivity contribution in [2.75, 3.05) is 20.2 Å². The van der Waals surface area contributed by atoms with Gasteiger partial charge in [-0.25, -0.2) is 14.0 Å². The maximum Gasteiger partial charge on any atom is 0.410 e. The monoisotopic (exact) mass is 281 g/mol. The van der Waals surface area contributed by atoms with E-state index >= 15 is 0 Å². The van der Waals surface area contributed by atoms with Crippen LogP contribution in [0, 0.1) is 0 Å². The molecule has 1 aromatic carbocycles. The summed E-state index contributed by atoms with van der Waals surface area (Å²) in [6, 6.07) is 9.18. The molecule has 0 N–H and O–H groups in total. The molecule has 0 aromatic heterocycles. The minimum Gasteiger partial charge on any atom is -0.467 e. The van der Waals surface area contributed by atoms with Gasteiger partial charge in [0.25, 0.3) is 0 Å². The molecule has 108 valence electrons. The molecule has 1 saturated heterocycles.